The van der Waals surface area contributed by atoms with Crippen LogP contribution in [-0.2, 0) is 11.5 Å². The number of halogens is 1. The molecule has 3 heterocycles. The number of aromatic nitrogens is 2. The van der Waals surface area contributed by atoms with E-state index in [1.807, 2.05) is 47.0 Å². The van der Waals surface area contributed by atoms with Crippen LogP contribution < -0.4 is 0 Å². The molecule has 1 saturated heterocycles. The highest BCUT2D eigenvalue weighted by Gasteiger charge is 2.49. The molecule has 1 saturated carbocycles. The van der Waals surface area contributed by atoms with Crippen molar-refractivity contribution >= 4 is 71.7 Å². The number of fused-ring (bicyclic) bond motifs is 4. The van der Waals surface area contributed by atoms with Crippen molar-refractivity contribution in [2.75, 3.05) is 12.3 Å². The molecule has 2 fully saturated rings. The van der Waals surface area contributed by atoms with Gasteiger partial charge in [-0.15, -0.1) is 21.6 Å². The van der Waals surface area contributed by atoms with Crippen LogP contribution in [0.25, 0.3) is 21.1 Å². The lowest BCUT2D eigenvalue weighted by atomic mass is 9.65. The molecule has 2 aromatic carbocycles. The van der Waals surface area contributed by atoms with Crippen LogP contribution in [0.4, 0.5) is 5.69 Å². The van der Waals surface area contributed by atoms with Gasteiger partial charge in [-0.1, -0.05) is 60.6 Å². The lowest BCUT2D eigenvalue weighted by molar-refractivity contribution is -0.115. The van der Waals surface area contributed by atoms with E-state index in [0.717, 1.165) is 42.9 Å². The number of carbonyl (C=O) groups excluding carboxylic acids is 1. The lowest BCUT2D eigenvalue weighted by Gasteiger charge is -2.40. The minimum absolute atomic E-state index is 0.0411. The van der Waals surface area contributed by atoms with Gasteiger partial charge in [-0.05, 0) is 60.4 Å². The number of nitrogens with zero attached hydrogens (tertiary/aromatic N) is 5. The van der Waals surface area contributed by atoms with Gasteiger partial charge in [0.1, 0.15) is 0 Å². The third kappa shape index (κ3) is 5.03. The summed E-state index contributed by atoms with van der Waals surface area (Å²) in [7, 11) is 0. The number of thioether (sulfide) groups is 1. The van der Waals surface area contributed by atoms with Gasteiger partial charge in [0.15, 0.2) is 10.0 Å². The van der Waals surface area contributed by atoms with E-state index >= 15 is 0 Å². The van der Waals surface area contributed by atoms with Crippen molar-refractivity contribution in [2.24, 2.45) is 21.1 Å². The lowest BCUT2D eigenvalue weighted by Crippen LogP contribution is -2.35. The maximum absolute atomic E-state index is 12.6. The van der Waals surface area contributed by atoms with Crippen molar-refractivity contribution in [1.82, 2.24) is 14.5 Å². The van der Waals surface area contributed by atoms with Gasteiger partial charge in [0.05, 0.1) is 28.2 Å². The van der Waals surface area contributed by atoms with E-state index < -0.39 is 0 Å². The fourth-order valence-electron chi connectivity index (χ4n) is 6.63. The van der Waals surface area contributed by atoms with Crippen molar-refractivity contribution in [3.05, 3.63) is 46.9 Å². The Bertz CT molecular complexity index is 1550. The number of hydrogen-bond donors (Lipinski definition) is 1. The third-order valence-corrected chi connectivity index (χ3v) is 10.3. The first-order chi connectivity index (χ1) is 18.1. The average molecular weight is 613 g/mol. The number of para-hydroxylation sites is 1. The van der Waals surface area contributed by atoms with E-state index in [1.165, 1.54) is 24.6 Å². The van der Waals surface area contributed by atoms with Gasteiger partial charge in [0, 0.05) is 22.4 Å². The van der Waals surface area contributed by atoms with Crippen LogP contribution in [0.15, 0.2) is 61.5 Å². The summed E-state index contributed by atoms with van der Waals surface area (Å²) in [4.78, 5) is 19.7. The molecule has 6 rings (SSSR count). The number of likely N-dealkylation sites (tertiary alicyclic amines) is 1. The van der Waals surface area contributed by atoms with E-state index in [0.29, 0.717) is 29.2 Å². The third-order valence-electron chi connectivity index (χ3n) is 7.67. The topological polar surface area (TPSA) is 83.1 Å². The first-order valence-electron chi connectivity index (χ1n) is 12.8. The van der Waals surface area contributed by atoms with Crippen LogP contribution in [0.5, 0.6) is 5.88 Å². The van der Waals surface area contributed by atoms with Crippen molar-refractivity contribution in [3.8, 4) is 5.88 Å². The van der Waals surface area contributed by atoms with Crippen LogP contribution in [0, 0.1) is 10.8 Å². The van der Waals surface area contributed by atoms with Crippen molar-refractivity contribution in [2.45, 2.75) is 57.1 Å². The van der Waals surface area contributed by atoms with E-state index in [1.54, 1.807) is 11.3 Å². The smallest absolute Gasteiger partial charge is 0.274 e. The van der Waals surface area contributed by atoms with Crippen LogP contribution in [0.1, 0.15) is 40.0 Å². The van der Waals surface area contributed by atoms with Crippen LogP contribution in [-0.4, -0.2) is 43.8 Å². The van der Waals surface area contributed by atoms with E-state index in [4.69, 9.17) is 0 Å². The Hall–Kier alpha value is -2.27. The number of aromatic hydroxyl groups is 1. The van der Waals surface area contributed by atoms with Gasteiger partial charge < -0.3 is 5.11 Å². The molecule has 2 atom stereocenters. The van der Waals surface area contributed by atoms with Crippen molar-refractivity contribution < 1.29 is 9.90 Å². The fourth-order valence-corrected chi connectivity index (χ4v) is 8.84. The first kappa shape index (κ1) is 26.0. The van der Waals surface area contributed by atoms with Crippen LogP contribution in [0.2, 0.25) is 0 Å². The molecular weight excluding hydrogens is 582 g/mol. The normalized spacial score (nSPS) is 23.2. The number of rotatable bonds is 6. The minimum atomic E-state index is -0.368. The summed E-state index contributed by atoms with van der Waals surface area (Å²) in [5.41, 5.74) is 2.75. The number of thiazole rings is 1. The van der Waals surface area contributed by atoms with Gasteiger partial charge in [0.25, 0.3) is 5.91 Å². The molecule has 2 aromatic heterocycles. The maximum atomic E-state index is 12.6. The highest BCUT2D eigenvalue weighted by atomic mass is 79.9. The van der Waals surface area contributed by atoms with Gasteiger partial charge >= 0.3 is 0 Å². The standard InChI is InChI=1S/C28H30BrN5O2S2/c1-27(2)11-18-12-28(3,14-27)15-33(18)16-34-21-9-8-17(29)10-19(21)24(25(34)36)32-31-23(35)13-37-26-30-20-6-4-5-7-22(20)38-26/h4-10,18,36H,11-16H2,1-3H3/t18-,28+/m1/s1. The van der Waals surface area contributed by atoms with Gasteiger partial charge in [-0.2, -0.15) is 0 Å². The predicted molar refractivity (Wildman–Crippen MR) is 157 cm³/mol. The Morgan fingerprint density at radius 1 is 1.24 bits per heavy atom. The molecule has 2 bridgehead atoms. The van der Waals surface area contributed by atoms with Gasteiger partial charge in [0.2, 0.25) is 5.88 Å². The monoisotopic (exact) mass is 611 g/mol. The summed E-state index contributed by atoms with van der Waals surface area (Å²) in [6.45, 7) is 8.72. The molecule has 198 valence electrons. The second kappa shape index (κ2) is 9.73. The van der Waals surface area contributed by atoms with E-state index in [2.05, 4.69) is 56.8 Å². The average Bonchev–Trinajstić information content (AvgIpc) is 3.45. The molecule has 10 heteroatoms. The number of azo groups is 1. The summed E-state index contributed by atoms with van der Waals surface area (Å²) in [5, 5.41) is 20.3. The molecule has 2 aliphatic rings. The summed E-state index contributed by atoms with van der Waals surface area (Å²) in [5.74, 6) is -0.191. The highest BCUT2D eigenvalue weighted by molar-refractivity contribution is 9.10. The predicted octanol–water partition coefficient (Wildman–Crippen LogP) is 7.98. The molecule has 7 nitrogen and oxygen atoms in total. The SMILES string of the molecule is CC1(C)C[C@@H]2C[C@](C)(CN2Cn2c(O)c(N=NC(=O)CSc3nc4ccccc4s3)c3cc(Br)ccc32)C1. The molecule has 0 unspecified atom stereocenters. The largest absolute Gasteiger partial charge is 0.493 e. The molecule has 0 radical (unpaired) electrons. The number of benzene rings is 2. The first-order valence-corrected chi connectivity index (χ1v) is 15.4. The molecule has 1 N–H and O–H groups in total. The summed E-state index contributed by atoms with van der Waals surface area (Å²) >= 11 is 6.46. The van der Waals surface area contributed by atoms with Crippen molar-refractivity contribution in [1.29, 1.82) is 0 Å². The quantitative estimate of drug-likeness (QED) is 0.176. The molecule has 1 aliphatic carbocycles. The highest BCUT2D eigenvalue weighted by Crippen LogP contribution is 2.53. The fraction of sp³-hybridized carbons (Fsp3) is 0.429. The Balaban J connectivity index is 1.23. The number of hydrogen-bond acceptors (Lipinski definition) is 7. The molecule has 1 aliphatic heterocycles. The van der Waals surface area contributed by atoms with Gasteiger partial charge in [-0.25, -0.2) is 4.98 Å². The molecule has 38 heavy (non-hydrogen) atoms. The van der Waals surface area contributed by atoms with E-state index in [9.17, 15) is 9.90 Å². The number of carbonyl (C=O) groups is 1. The molecular formula is C28H30BrN5O2S2. The zero-order valence-corrected chi connectivity index (χ0v) is 24.9. The van der Waals surface area contributed by atoms with E-state index in [-0.39, 0.29) is 17.5 Å². The summed E-state index contributed by atoms with van der Waals surface area (Å²) in [6.07, 6.45) is 3.56. The van der Waals surface area contributed by atoms with Gasteiger partial charge in [-0.3, -0.25) is 14.3 Å². The van der Waals surface area contributed by atoms with Crippen LogP contribution >= 0.6 is 39.0 Å². The zero-order valence-electron chi connectivity index (χ0n) is 21.6. The molecule has 4 aromatic rings. The zero-order chi connectivity index (χ0) is 26.7. The Labute approximate surface area is 238 Å². The number of amides is 1. The Morgan fingerprint density at radius 3 is 2.87 bits per heavy atom. The Morgan fingerprint density at radius 2 is 2.05 bits per heavy atom. The summed E-state index contributed by atoms with van der Waals surface area (Å²) < 4.78 is 4.70. The van der Waals surface area contributed by atoms with Crippen molar-refractivity contribution in [3.63, 3.8) is 0 Å². The molecule has 0 spiro atoms. The van der Waals surface area contributed by atoms with Crippen LogP contribution in [0.3, 0.4) is 0 Å². The maximum Gasteiger partial charge on any atom is 0.274 e. The second-order valence-corrected chi connectivity index (χ2v) is 14.9. The summed E-state index contributed by atoms with van der Waals surface area (Å²) in [6, 6.07) is 14.3. The Kier molecular flexibility index (Phi) is 6.65. The minimum Gasteiger partial charge on any atom is -0.493 e. The molecule has 1 amide bonds. The second-order valence-electron chi connectivity index (χ2n) is 11.7.